The first-order valence-corrected chi connectivity index (χ1v) is 12.2. The second-order valence-electron chi connectivity index (χ2n) is 11.0. The Morgan fingerprint density at radius 3 is 2.41 bits per heavy atom. The molecule has 3 aliphatic rings. The Morgan fingerprint density at radius 1 is 1.12 bits per heavy atom. The van der Waals surface area contributed by atoms with E-state index in [2.05, 4.69) is 45.6 Å². The van der Waals surface area contributed by atoms with Crippen molar-refractivity contribution < 1.29 is 14.7 Å². The molecule has 0 heterocycles. The van der Waals surface area contributed by atoms with Crippen molar-refractivity contribution in [2.75, 3.05) is 0 Å². The molecule has 1 amide bonds. The second kappa shape index (κ2) is 8.21. The first kappa shape index (κ1) is 22.8. The third-order valence-corrected chi connectivity index (χ3v) is 8.88. The predicted molar refractivity (Wildman–Crippen MR) is 123 cm³/mol. The summed E-state index contributed by atoms with van der Waals surface area (Å²) in [7, 11) is 0. The van der Waals surface area contributed by atoms with E-state index in [-0.39, 0.29) is 34.5 Å². The van der Waals surface area contributed by atoms with Gasteiger partial charge in [0.15, 0.2) is 0 Å². The molecule has 1 aromatic carbocycles. The lowest BCUT2D eigenvalue weighted by Crippen LogP contribution is -2.50. The lowest BCUT2D eigenvalue weighted by atomic mass is 9.54. The van der Waals surface area contributed by atoms with Gasteiger partial charge in [0, 0.05) is 18.0 Å². The van der Waals surface area contributed by atoms with Crippen molar-refractivity contribution >= 4 is 11.9 Å². The predicted octanol–water partition coefficient (Wildman–Crippen LogP) is 5.37. The molecular formula is C27H36N2O3. The molecule has 1 N–H and O–H groups in total. The molecular weight excluding hydrogens is 400 g/mol. The molecule has 32 heavy (non-hydrogen) atoms. The smallest absolute Gasteiger partial charge is 0.337 e. The topological polar surface area (TPSA) is 81.4 Å². The number of carbonyl (C=O) groups excluding carboxylic acids is 1. The van der Waals surface area contributed by atoms with Gasteiger partial charge >= 0.3 is 5.97 Å². The van der Waals surface area contributed by atoms with Crippen LogP contribution in [0.15, 0.2) is 12.1 Å². The highest BCUT2D eigenvalue weighted by atomic mass is 16.4. The van der Waals surface area contributed by atoms with E-state index in [4.69, 9.17) is 0 Å². The Bertz CT molecular complexity index is 968. The summed E-state index contributed by atoms with van der Waals surface area (Å²) in [6, 6.07) is 6.11. The normalized spacial score (nSPS) is 30.9. The minimum absolute atomic E-state index is 0.0246. The van der Waals surface area contributed by atoms with Gasteiger partial charge in [-0.15, -0.1) is 0 Å². The number of fused-ring (bicyclic) bond motifs is 5. The summed E-state index contributed by atoms with van der Waals surface area (Å²) < 4.78 is 0. The quantitative estimate of drug-likeness (QED) is 0.687. The Kier molecular flexibility index (Phi) is 5.86. The largest absolute Gasteiger partial charge is 0.478 e. The molecule has 0 spiro atoms. The van der Waals surface area contributed by atoms with Crippen LogP contribution in [-0.4, -0.2) is 34.0 Å². The van der Waals surface area contributed by atoms with Crippen LogP contribution in [0.5, 0.6) is 0 Å². The van der Waals surface area contributed by atoms with Crippen LogP contribution in [0, 0.1) is 34.5 Å². The van der Waals surface area contributed by atoms with Crippen LogP contribution in [0.3, 0.4) is 0 Å². The van der Waals surface area contributed by atoms with Crippen LogP contribution in [0.2, 0.25) is 0 Å². The number of benzene rings is 1. The number of amides is 1. The third kappa shape index (κ3) is 3.43. The molecule has 0 unspecified atom stereocenters. The lowest BCUT2D eigenvalue weighted by Gasteiger charge is -2.51. The maximum atomic E-state index is 13.7. The molecule has 0 aromatic heterocycles. The van der Waals surface area contributed by atoms with E-state index in [0.717, 1.165) is 44.1 Å². The van der Waals surface area contributed by atoms with Crippen molar-refractivity contribution in [2.45, 2.75) is 91.1 Å². The molecule has 3 aliphatic carbocycles. The minimum Gasteiger partial charge on any atom is -0.478 e. The van der Waals surface area contributed by atoms with Gasteiger partial charge in [0.05, 0.1) is 11.1 Å². The number of nitrogens with zero attached hydrogens (tertiary/aromatic N) is 2. The zero-order valence-electron chi connectivity index (χ0n) is 20.0. The number of rotatable bonds is 4. The first-order chi connectivity index (χ1) is 15.1. The number of carbonyl (C=O) groups is 2. The molecule has 5 nitrogen and oxygen atoms in total. The molecule has 172 valence electrons. The minimum atomic E-state index is -1.03. The summed E-state index contributed by atoms with van der Waals surface area (Å²) in [6.45, 7) is 10.8. The Morgan fingerprint density at radius 2 is 1.81 bits per heavy atom. The molecule has 4 rings (SSSR count). The molecule has 5 atom stereocenters. The fourth-order valence-corrected chi connectivity index (χ4v) is 7.58. The number of carboxylic acids is 1. The van der Waals surface area contributed by atoms with E-state index >= 15 is 0 Å². The van der Waals surface area contributed by atoms with Gasteiger partial charge in [-0.3, -0.25) is 4.79 Å². The highest BCUT2D eigenvalue weighted by molar-refractivity contribution is 5.91. The molecule has 0 aliphatic heterocycles. The van der Waals surface area contributed by atoms with Gasteiger partial charge in [-0.05, 0) is 113 Å². The third-order valence-electron chi connectivity index (χ3n) is 8.88. The van der Waals surface area contributed by atoms with Gasteiger partial charge in [0.25, 0.3) is 0 Å². The van der Waals surface area contributed by atoms with Crippen molar-refractivity contribution in [3.63, 3.8) is 0 Å². The maximum Gasteiger partial charge on any atom is 0.337 e. The molecule has 0 saturated heterocycles. The maximum absolute atomic E-state index is 13.7. The second-order valence-corrected chi connectivity index (χ2v) is 11.0. The fourth-order valence-electron chi connectivity index (χ4n) is 7.58. The molecule has 5 heteroatoms. The lowest BCUT2D eigenvalue weighted by molar-refractivity contribution is -0.144. The van der Waals surface area contributed by atoms with Crippen LogP contribution >= 0.6 is 0 Å². The monoisotopic (exact) mass is 436 g/mol. The zero-order valence-corrected chi connectivity index (χ0v) is 20.0. The van der Waals surface area contributed by atoms with Crippen LogP contribution in [0.4, 0.5) is 0 Å². The summed E-state index contributed by atoms with van der Waals surface area (Å²) in [5, 5.41) is 19.0. The highest BCUT2D eigenvalue weighted by Gasteiger charge is 2.57. The number of aryl methyl sites for hydroxylation is 1. The Hall–Kier alpha value is -2.35. The van der Waals surface area contributed by atoms with Gasteiger partial charge in [-0.25, -0.2) is 4.79 Å². The van der Waals surface area contributed by atoms with Gasteiger partial charge in [0.1, 0.15) is 6.07 Å². The fraction of sp³-hybridized carbons (Fsp3) is 0.667. The SMILES string of the molecule is CC(C)N(C(=O)[C@H]1CC[C@H]2[C@@H]3CCc4cc(C(=O)O)c(C#N)cc4[C@H]3CC[C@]12C)C(C)C. The molecule has 0 radical (unpaired) electrons. The molecule has 2 saturated carbocycles. The van der Waals surface area contributed by atoms with Crippen molar-refractivity contribution in [1.29, 1.82) is 5.26 Å². The number of hydrogen-bond acceptors (Lipinski definition) is 3. The Balaban J connectivity index is 1.64. The van der Waals surface area contributed by atoms with E-state index in [1.165, 1.54) is 5.56 Å². The number of carboxylic acid groups (broad SMARTS) is 1. The van der Waals surface area contributed by atoms with Crippen molar-refractivity contribution in [1.82, 2.24) is 4.90 Å². The van der Waals surface area contributed by atoms with E-state index in [9.17, 15) is 20.0 Å². The van der Waals surface area contributed by atoms with Crippen molar-refractivity contribution in [3.05, 3.63) is 34.4 Å². The number of nitriles is 1. The average Bonchev–Trinajstić information content (AvgIpc) is 3.09. The van der Waals surface area contributed by atoms with Crippen LogP contribution in [0.25, 0.3) is 0 Å². The summed E-state index contributed by atoms with van der Waals surface area (Å²) in [5.74, 6) is 0.768. The van der Waals surface area contributed by atoms with Gasteiger partial charge in [0.2, 0.25) is 5.91 Å². The number of aromatic carboxylic acids is 1. The highest BCUT2D eigenvalue weighted by Crippen LogP contribution is 2.63. The van der Waals surface area contributed by atoms with Crippen LogP contribution in [-0.2, 0) is 11.2 Å². The van der Waals surface area contributed by atoms with Gasteiger partial charge in [-0.2, -0.15) is 5.26 Å². The summed E-state index contributed by atoms with van der Waals surface area (Å²) >= 11 is 0. The molecule has 0 bridgehead atoms. The standard InChI is InChI=1S/C27H36N2O3/c1-15(2)29(16(3)4)25(30)24-9-8-23-20-7-6-17-12-22(26(31)32)18(14-28)13-21(17)19(20)10-11-27(23,24)5/h12-13,15-16,19-20,23-24H,6-11H2,1-5H3,(H,31,32)/t19-,20+,23-,24+,27-/m0/s1. The molecule has 2 fully saturated rings. The summed E-state index contributed by atoms with van der Waals surface area (Å²) in [5.41, 5.74) is 2.71. The van der Waals surface area contributed by atoms with Crippen molar-refractivity contribution in [3.8, 4) is 6.07 Å². The van der Waals surface area contributed by atoms with E-state index < -0.39 is 5.97 Å². The Labute approximate surface area is 191 Å². The van der Waals surface area contributed by atoms with Crippen LogP contribution < -0.4 is 0 Å². The van der Waals surface area contributed by atoms with Crippen LogP contribution in [0.1, 0.15) is 99.7 Å². The van der Waals surface area contributed by atoms with E-state index in [0.29, 0.717) is 23.7 Å². The van der Waals surface area contributed by atoms with Gasteiger partial charge < -0.3 is 10.0 Å². The van der Waals surface area contributed by atoms with Gasteiger partial charge in [-0.1, -0.05) is 6.92 Å². The zero-order chi connectivity index (χ0) is 23.4. The van der Waals surface area contributed by atoms with E-state index in [1.807, 2.05) is 6.07 Å². The van der Waals surface area contributed by atoms with Crippen molar-refractivity contribution in [2.24, 2.45) is 23.2 Å². The van der Waals surface area contributed by atoms with E-state index in [1.54, 1.807) is 6.07 Å². The molecule has 1 aromatic rings. The number of hydrogen-bond donors (Lipinski definition) is 1. The summed E-state index contributed by atoms with van der Waals surface area (Å²) in [4.78, 5) is 27.3. The average molecular weight is 437 g/mol. The first-order valence-electron chi connectivity index (χ1n) is 12.2. The summed E-state index contributed by atoms with van der Waals surface area (Å²) in [6.07, 6.45) is 5.98.